The number of carboxylic acids is 1. The van der Waals surface area contributed by atoms with Crippen LogP contribution in [-0.2, 0) is 13.2 Å². The van der Waals surface area contributed by atoms with Crippen LogP contribution in [0.1, 0.15) is 28.4 Å². The van der Waals surface area contributed by atoms with Gasteiger partial charge in [-0.1, -0.05) is 35.3 Å². The van der Waals surface area contributed by atoms with Gasteiger partial charge in [0, 0.05) is 11.6 Å². The molecule has 6 nitrogen and oxygen atoms in total. The molecule has 2 N–H and O–H groups in total. The van der Waals surface area contributed by atoms with Crippen molar-refractivity contribution in [3.63, 3.8) is 0 Å². The number of hydrogen-bond acceptors (Lipinski definition) is 5. The summed E-state index contributed by atoms with van der Waals surface area (Å²) in [5, 5.41) is 13.5. The van der Waals surface area contributed by atoms with Gasteiger partial charge in [0.1, 0.15) is 12.4 Å². The number of hydrogen-bond donors (Lipinski definition) is 2. The highest BCUT2D eigenvalue weighted by Gasteiger charge is 2.14. The van der Waals surface area contributed by atoms with E-state index >= 15 is 0 Å². The normalized spacial score (nSPS) is 10.5. The average Bonchev–Trinajstić information content (AvgIpc) is 2.78. The minimum atomic E-state index is -1.01. The van der Waals surface area contributed by atoms with Gasteiger partial charge in [-0.3, -0.25) is 0 Å². The lowest BCUT2D eigenvalue weighted by atomic mass is 10.1. The van der Waals surface area contributed by atoms with Crippen LogP contribution in [0.5, 0.6) is 17.2 Å². The quantitative estimate of drug-likeness (QED) is 0.358. The lowest BCUT2D eigenvalue weighted by molar-refractivity contribution is 0.0697. The molecule has 0 aliphatic heterocycles. The summed E-state index contributed by atoms with van der Waals surface area (Å²) in [5.41, 5.74) is 2.50. The number of aromatic carboxylic acids is 1. The molecule has 3 aromatic rings. The van der Waals surface area contributed by atoms with E-state index in [1.165, 1.54) is 19.2 Å². The number of halogens is 2. The summed E-state index contributed by atoms with van der Waals surface area (Å²) in [5.74, 6) is 0.503. The van der Waals surface area contributed by atoms with Crippen LogP contribution in [0, 0.1) is 0 Å². The Morgan fingerprint density at radius 3 is 2.38 bits per heavy atom. The molecular formula is C24H23Cl2NO5. The summed E-state index contributed by atoms with van der Waals surface area (Å²) >= 11 is 12.4. The largest absolute Gasteiger partial charge is 0.495 e. The number of methoxy groups -OCH3 is 1. The van der Waals surface area contributed by atoms with Gasteiger partial charge in [-0.05, 0) is 60.5 Å². The molecule has 0 bridgehead atoms. The first kappa shape index (κ1) is 23.6. The van der Waals surface area contributed by atoms with E-state index in [2.05, 4.69) is 5.32 Å². The Hall–Kier alpha value is -3.09. The highest BCUT2D eigenvalue weighted by atomic mass is 35.5. The Bertz CT molecular complexity index is 1090. The molecule has 0 fully saturated rings. The fraction of sp³-hybridized carbons (Fsp3) is 0.208. The summed E-state index contributed by atoms with van der Waals surface area (Å²) in [6, 6.07) is 15.6. The lowest BCUT2D eigenvalue weighted by Crippen LogP contribution is -2.06. The summed E-state index contributed by atoms with van der Waals surface area (Å²) < 4.78 is 17.0. The maximum atomic E-state index is 11.3. The Morgan fingerprint density at radius 2 is 1.72 bits per heavy atom. The van der Waals surface area contributed by atoms with E-state index in [0.717, 1.165) is 11.1 Å². The number of nitrogens with one attached hydrogen (secondary N) is 1. The van der Waals surface area contributed by atoms with Gasteiger partial charge in [0.05, 0.1) is 30.0 Å². The van der Waals surface area contributed by atoms with Crippen molar-refractivity contribution in [2.75, 3.05) is 19.0 Å². The first-order valence-electron chi connectivity index (χ1n) is 9.89. The Balaban J connectivity index is 1.79. The SMILES string of the molecule is CCOc1cc(CNc2cc(C(=O)O)ccc2OC)cc(Cl)c1OCc1ccc(Cl)cc1. The molecule has 168 valence electrons. The molecule has 0 spiro atoms. The van der Waals surface area contributed by atoms with Gasteiger partial charge >= 0.3 is 5.97 Å². The third-order valence-electron chi connectivity index (χ3n) is 4.59. The third-order valence-corrected chi connectivity index (χ3v) is 5.13. The number of rotatable bonds is 10. The summed E-state index contributed by atoms with van der Waals surface area (Å²) in [4.78, 5) is 11.3. The highest BCUT2D eigenvalue weighted by Crippen LogP contribution is 2.38. The molecular weight excluding hydrogens is 453 g/mol. The number of anilines is 1. The molecule has 0 saturated carbocycles. The van der Waals surface area contributed by atoms with Crippen molar-refractivity contribution in [1.29, 1.82) is 0 Å². The predicted molar refractivity (Wildman–Crippen MR) is 126 cm³/mol. The molecule has 0 aromatic heterocycles. The monoisotopic (exact) mass is 475 g/mol. The van der Waals surface area contributed by atoms with E-state index in [1.54, 1.807) is 24.3 Å². The number of ether oxygens (including phenoxy) is 3. The van der Waals surface area contributed by atoms with Crippen molar-refractivity contribution < 1.29 is 24.1 Å². The minimum Gasteiger partial charge on any atom is -0.495 e. The fourth-order valence-corrected chi connectivity index (χ4v) is 3.45. The van der Waals surface area contributed by atoms with Crippen LogP contribution >= 0.6 is 23.2 Å². The molecule has 0 amide bonds. The molecule has 3 aromatic carbocycles. The van der Waals surface area contributed by atoms with Crippen LogP contribution in [0.4, 0.5) is 5.69 Å². The molecule has 8 heteroatoms. The zero-order valence-electron chi connectivity index (χ0n) is 17.7. The molecule has 0 unspecified atom stereocenters. The number of benzene rings is 3. The van der Waals surface area contributed by atoms with Gasteiger partial charge in [-0.15, -0.1) is 0 Å². The summed E-state index contributed by atoms with van der Waals surface area (Å²) in [6.07, 6.45) is 0. The number of carboxylic acid groups (broad SMARTS) is 1. The zero-order valence-corrected chi connectivity index (χ0v) is 19.2. The first-order chi connectivity index (χ1) is 15.4. The van der Waals surface area contributed by atoms with Crippen molar-refractivity contribution in [3.05, 3.63) is 81.3 Å². The van der Waals surface area contributed by atoms with E-state index in [4.69, 9.17) is 37.4 Å². The zero-order chi connectivity index (χ0) is 23.1. The van der Waals surface area contributed by atoms with Crippen LogP contribution in [0.2, 0.25) is 10.0 Å². The van der Waals surface area contributed by atoms with Crippen molar-refractivity contribution in [2.24, 2.45) is 0 Å². The Morgan fingerprint density at radius 1 is 0.969 bits per heavy atom. The van der Waals surface area contributed by atoms with E-state index in [9.17, 15) is 9.90 Å². The van der Waals surface area contributed by atoms with E-state index < -0.39 is 5.97 Å². The molecule has 0 saturated heterocycles. The lowest BCUT2D eigenvalue weighted by Gasteiger charge is -2.17. The third kappa shape index (κ3) is 5.99. The molecule has 32 heavy (non-hydrogen) atoms. The van der Waals surface area contributed by atoms with Gasteiger partial charge < -0.3 is 24.6 Å². The van der Waals surface area contributed by atoms with E-state index in [0.29, 0.717) is 52.7 Å². The van der Waals surface area contributed by atoms with Gasteiger partial charge in [0.15, 0.2) is 11.5 Å². The van der Waals surface area contributed by atoms with Crippen LogP contribution < -0.4 is 19.5 Å². The van der Waals surface area contributed by atoms with Gasteiger partial charge in [-0.25, -0.2) is 4.79 Å². The Kier molecular flexibility index (Phi) is 8.09. The summed E-state index contributed by atoms with van der Waals surface area (Å²) in [6.45, 7) is 3.01. The molecule has 0 radical (unpaired) electrons. The average molecular weight is 476 g/mol. The second-order valence-electron chi connectivity index (χ2n) is 6.83. The van der Waals surface area contributed by atoms with Gasteiger partial charge in [0.25, 0.3) is 0 Å². The van der Waals surface area contributed by atoms with Gasteiger partial charge in [-0.2, -0.15) is 0 Å². The van der Waals surface area contributed by atoms with E-state index in [1.807, 2.05) is 25.1 Å². The predicted octanol–water partition coefficient (Wildman–Crippen LogP) is 6.29. The molecule has 0 aliphatic carbocycles. The fourth-order valence-electron chi connectivity index (χ4n) is 3.04. The van der Waals surface area contributed by atoms with Crippen molar-refractivity contribution in [2.45, 2.75) is 20.1 Å². The Labute approximate surface area is 196 Å². The van der Waals surface area contributed by atoms with Crippen molar-refractivity contribution in [3.8, 4) is 17.2 Å². The van der Waals surface area contributed by atoms with Crippen LogP contribution in [0.25, 0.3) is 0 Å². The molecule has 3 rings (SSSR count). The first-order valence-corrected chi connectivity index (χ1v) is 10.6. The smallest absolute Gasteiger partial charge is 0.335 e. The van der Waals surface area contributed by atoms with Crippen LogP contribution in [0.15, 0.2) is 54.6 Å². The maximum absolute atomic E-state index is 11.3. The van der Waals surface area contributed by atoms with E-state index in [-0.39, 0.29) is 5.56 Å². The maximum Gasteiger partial charge on any atom is 0.335 e. The summed E-state index contributed by atoms with van der Waals surface area (Å²) in [7, 11) is 1.53. The van der Waals surface area contributed by atoms with Gasteiger partial charge in [0.2, 0.25) is 0 Å². The number of carbonyl (C=O) groups is 1. The van der Waals surface area contributed by atoms with Crippen molar-refractivity contribution in [1.82, 2.24) is 0 Å². The molecule has 0 heterocycles. The topological polar surface area (TPSA) is 77.0 Å². The minimum absolute atomic E-state index is 0.160. The van der Waals surface area contributed by atoms with Crippen LogP contribution in [0.3, 0.4) is 0 Å². The second-order valence-corrected chi connectivity index (χ2v) is 7.67. The molecule has 0 atom stereocenters. The van der Waals surface area contributed by atoms with Crippen LogP contribution in [-0.4, -0.2) is 24.8 Å². The standard InChI is InChI=1S/C24H23Cl2NO5/c1-3-31-22-11-16(13-27-20-12-17(24(28)29)6-9-21(20)30-2)10-19(26)23(22)32-14-15-4-7-18(25)8-5-15/h4-12,27H,3,13-14H2,1-2H3,(H,28,29). The van der Waals surface area contributed by atoms with Crippen molar-refractivity contribution >= 4 is 34.9 Å². The molecule has 0 aliphatic rings. The highest BCUT2D eigenvalue weighted by molar-refractivity contribution is 6.32. The second kappa shape index (κ2) is 11.0.